The molecule has 0 bridgehead atoms. The molecule has 0 saturated heterocycles. The minimum Gasteiger partial charge on any atom is -0.258 e. The molecule has 6 aromatic carbocycles. The predicted molar refractivity (Wildman–Crippen MR) is 201 cm³/mol. The van der Waals surface area contributed by atoms with Gasteiger partial charge in [-0.05, 0) is 110 Å². The Hall–Kier alpha value is -4.93. The van der Waals surface area contributed by atoms with Gasteiger partial charge in [-0.2, -0.15) is 0 Å². The quantitative estimate of drug-likeness (QED) is 0.0537. The number of fused-ring (bicyclic) bond motifs is 2. The minimum atomic E-state index is -0.331. The number of nitro groups is 2. The number of rotatable bonds is 13. The van der Waals surface area contributed by atoms with Crippen molar-refractivity contribution in [1.82, 2.24) is 0 Å². The van der Waals surface area contributed by atoms with Crippen molar-refractivity contribution in [3.8, 4) is 33.4 Å². The molecule has 0 amide bonds. The highest BCUT2D eigenvalue weighted by Gasteiger charge is 2.24. The topological polar surface area (TPSA) is 86.3 Å². The van der Waals surface area contributed by atoms with Gasteiger partial charge in [0.15, 0.2) is 0 Å². The van der Waals surface area contributed by atoms with Crippen LogP contribution in [0.5, 0.6) is 0 Å². The molecule has 242 valence electrons. The van der Waals surface area contributed by atoms with Gasteiger partial charge in [0, 0.05) is 24.3 Å². The van der Waals surface area contributed by atoms with Crippen LogP contribution < -0.4 is 0 Å². The lowest BCUT2D eigenvalue weighted by atomic mass is 9.80. The molecule has 0 heterocycles. The summed E-state index contributed by atoms with van der Waals surface area (Å²) >= 11 is 0. The van der Waals surface area contributed by atoms with Gasteiger partial charge in [0.1, 0.15) is 0 Å². The molecule has 6 nitrogen and oxygen atoms in total. The van der Waals surface area contributed by atoms with Crippen LogP contribution in [-0.2, 0) is 12.6 Å². The Bertz CT molecular complexity index is 2140. The Labute approximate surface area is 282 Å². The zero-order valence-corrected chi connectivity index (χ0v) is 28.4. The first-order valence-corrected chi connectivity index (χ1v) is 18.1. The highest BCUT2D eigenvalue weighted by molar-refractivity contribution is 7.37. The Morgan fingerprint density at radius 1 is 0.583 bits per heavy atom. The SMILES string of the molecule is CCCCPCc1c(-c2cccc([N+](=O)[O-])c2)cc2ccccc2c1-c1c(CCCC)c(-c2cccc([N+](=O)[O-])c2)cc2ccccc12. The van der Waals surface area contributed by atoms with Crippen LogP contribution >= 0.6 is 8.58 Å². The maximum absolute atomic E-state index is 11.9. The second kappa shape index (κ2) is 14.9. The third-order valence-electron chi connectivity index (χ3n) is 9.09. The van der Waals surface area contributed by atoms with Crippen molar-refractivity contribution in [2.45, 2.75) is 52.1 Å². The fourth-order valence-corrected chi connectivity index (χ4v) is 8.15. The van der Waals surface area contributed by atoms with Crippen LogP contribution in [0.15, 0.2) is 109 Å². The molecule has 1 atom stereocenters. The van der Waals surface area contributed by atoms with Crippen molar-refractivity contribution in [2.24, 2.45) is 0 Å². The first-order valence-electron chi connectivity index (χ1n) is 16.7. The Kier molecular flexibility index (Phi) is 10.2. The van der Waals surface area contributed by atoms with Crippen molar-refractivity contribution in [3.05, 3.63) is 141 Å². The van der Waals surface area contributed by atoms with Gasteiger partial charge >= 0.3 is 0 Å². The monoisotopic (exact) mass is 654 g/mol. The molecule has 48 heavy (non-hydrogen) atoms. The Balaban J connectivity index is 1.77. The molecular formula is C41H39N2O4P. The van der Waals surface area contributed by atoms with Gasteiger partial charge < -0.3 is 0 Å². The van der Waals surface area contributed by atoms with Crippen LogP contribution in [0.1, 0.15) is 50.7 Å². The van der Waals surface area contributed by atoms with E-state index in [1.165, 1.54) is 11.1 Å². The number of nitro benzene ring substituents is 2. The molecule has 0 radical (unpaired) electrons. The van der Waals surface area contributed by atoms with Crippen molar-refractivity contribution in [1.29, 1.82) is 0 Å². The van der Waals surface area contributed by atoms with E-state index in [0.29, 0.717) is 8.58 Å². The normalized spacial score (nSPS) is 11.5. The number of hydrogen-bond donors (Lipinski definition) is 0. The van der Waals surface area contributed by atoms with E-state index in [0.717, 1.165) is 99.4 Å². The smallest absolute Gasteiger partial charge is 0.258 e. The molecule has 7 heteroatoms. The summed E-state index contributed by atoms with van der Waals surface area (Å²) in [5, 5.41) is 28.2. The van der Waals surface area contributed by atoms with E-state index >= 15 is 0 Å². The van der Waals surface area contributed by atoms with E-state index < -0.39 is 0 Å². The van der Waals surface area contributed by atoms with Gasteiger partial charge in [-0.25, -0.2) is 0 Å². The molecule has 6 aromatic rings. The molecule has 0 N–H and O–H groups in total. The van der Waals surface area contributed by atoms with E-state index in [9.17, 15) is 20.2 Å². The standard InChI is InChI=1S/C41H39N2O4P/c1-3-5-19-36-37(28-15-11-17-32(23-28)42(44)45)25-30-13-7-9-20-34(30)40(36)41-35-21-10-8-14-31(35)26-38(39(41)27-48-22-6-4-2)29-16-12-18-33(24-29)43(46)47/h7-18,20-21,23-26,48H,3-6,19,22,27H2,1-2H3. The summed E-state index contributed by atoms with van der Waals surface area (Å²) in [5.74, 6) is 0. The Morgan fingerprint density at radius 2 is 1.08 bits per heavy atom. The average Bonchev–Trinajstić information content (AvgIpc) is 3.11. The van der Waals surface area contributed by atoms with Crippen molar-refractivity contribution in [2.75, 3.05) is 6.16 Å². The van der Waals surface area contributed by atoms with Crippen LogP contribution in [0.2, 0.25) is 0 Å². The van der Waals surface area contributed by atoms with Crippen LogP contribution in [0.25, 0.3) is 54.9 Å². The Morgan fingerprint density at radius 3 is 1.60 bits per heavy atom. The molecule has 0 fully saturated rings. The maximum atomic E-state index is 11.9. The second-order valence-corrected chi connectivity index (χ2v) is 13.6. The summed E-state index contributed by atoms with van der Waals surface area (Å²) in [7, 11) is 0.694. The third kappa shape index (κ3) is 6.72. The van der Waals surface area contributed by atoms with Gasteiger partial charge in [-0.3, -0.25) is 20.2 Å². The molecule has 0 aliphatic carbocycles. The largest absolute Gasteiger partial charge is 0.270 e. The zero-order valence-electron chi connectivity index (χ0n) is 27.4. The summed E-state index contributed by atoms with van der Waals surface area (Å²) in [4.78, 5) is 23.1. The molecule has 6 rings (SSSR count). The molecule has 0 spiro atoms. The summed E-state index contributed by atoms with van der Waals surface area (Å²) in [6.07, 6.45) is 7.02. The van der Waals surface area contributed by atoms with E-state index in [4.69, 9.17) is 0 Å². The lowest BCUT2D eigenvalue weighted by molar-refractivity contribution is -0.385. The zero-order chi connectivity index (χ0) is 33.6. The van der Waals surface area contributed by atoms with E-state index in [1.54, 1.807) is 36.4 Å². The van der Waals surface area contributed by atoms with E-state index in [2.05, 4.69) is 62.4 Å². The fraction of sp³-hybridized carbons (Fsp3) is 0.220. The van der Waals surface area contributed by atoms with Crippen LogP contribution in [-0.4, -0.2) is 16.0 Å². The van der Waals surface area contributed by atoms with E-state index in [1.807, 2.05) is 24.3 Å². The second-order valence-electron chi connectivity index (χ2n) is 12.2. The molecule has 0 saturated carbocycles. The lowest BCUT2D eigenvalue weighted by Crippen LogP contribution is -2.02. The van der Waals surface area contributed by atoms with Gasteiger partial charge in [-0.1, -0.05) is 99.5 Å². The van der Waals surface area contributed by atoms with Crippen molar-refractivity contribution < 1.29 is 9.85 Å². The molecule has 0 aliphatic rings. The summed E-state index contributed by atoms with van der Waals surface area (Å²) in [6.45, 7) is 4.40. The average molecular weight is 655 g/mol. The van der Waals surface area contributed by atoms with Crippen LogP contribution in [0.4, 0.5) is 11.4 Å². The highest BCUT2D eigenvalue weighted by atomic mass is 31.1. The van der Waals surface area contributed by atoms with Crippen molar-refractivity contribution >= 4 is 41.5 Å². The predicted octanol–water partition coefficient (Wildman–Crippen LogP) is 12.1. The van der Waals surface area contributed by atoms with E-state index in [-0.39, 0.29) is 21.2 Å². The number of benzene rings is 6. The molecule has 1 unspecified atom stereocenters. The van der Waals surface area contributed by atoms with Gasteiger partial charge in [0.25, 0.3) is 11.4 Å². The number of hydrogen-bond acceptors (Lipinski definition) is 4. The van der Waals surface area contributed by atoms with Gasteiger partial charge in [-0.15, -0.1) is 8.58 Å². The first kappa shape index (κ1) is 33.0. The lowest BCUT2D eigenvalue weighted by Gasteiger charge is -2.24. The highest BCUT2D eigenvalue weighted by Crippen LogP contribution is 2.48. The minimum absolute atomic E-state index is 0.0691. The first-order chi connectivity index (χ1) is 23.4. The van der Waals surface area contributed by atoms with Crippen molar-refractivity contribution in [3.63, 3.8) is 0 Å². The summed E-state index contributed by atoms with van der Waals surface area (Å²) in [5.41, 5.74) is 8.51. The fourth-order valence-electron chi connectivity index (χ4n) is 6.75. The molecule has 0 aromatic heterocycles. The number of unbranched alkanes of at least 4 members (excludes halogenated alkanes) is 2. The summed E-state index contributed by atoms with van der Waals surface area (Å²) < 4.78 is 0. The van der Waals surface area contributed by atoms with Crippen LogP contribution in [0.3, 0.4) is 0 Å². The molecule has 0 aliphatic heterocycles. The molecular weight excluding hydrogens is 615 g/mol. The van der Waals surface area contributed by atoms with Gasteiger partial charge in [0.2, 0.25) is 0 Å². The number of nitrogens with zero attached hydrogens (tertiary/aromatic N) is 2. The summed E-state index contributed by atoms with van der Waals surface area (Å²) in [6, 6.07) is 35.3. The maximum Gasteiger partial charge on any atom is 0.270 e. The van der Waals surface area contributed by atoms with Crippen LogP contribution in [0, 0.1) is 20.2 Å². The number of non-ortho nitro benzene ring substituents is 2. The third-order valence-corrected chi connectivity index (χ3v) is 10.4. The van der Waals surface area contributed by atoms with Gasteiger partial charge in [0.05, 0.1) is 9.85 Å².